The highest BCUT2D eigenvalue weighted by atomic mass is 16.2. The monoisotopic (exact) mass is 494 g/mol. The first-order valence-electron chi connectivity index (χ1n) is 13.1. The minimum absolute atomic E-state index is 0.0723. The van der Waals surface area contributed by atoms with Crippen molar-refractivity contribution in [3.63, 3.8) is 0 Å². The van der Waals surface area contributed by atoms with E-state index in [1.54, 1.807) is 17.2 Å². The predicted octanol–water partition coefficient (Wildman–Crippen LogP) is 5.94. The van der Waals surface area contributed by atoms with Crippen molar-refractivity contribution in [3.05, 3.63) is 95.1 Å². The molecule has 2 heterocycles. The highest BCUT2D eigenvalue weighted by Crippen LogP contribution is 2.33. The predicted molar refractivity (Wildman–Crippen MR) is 148 cm³/mol. The number of aliphatic imine (C=N–C) groups is 1. The van der Waals surface area contributed by atoms with Crippen LogP contribution in [0.15, 0.2) is 77.8 Å². The summed E-state index contributed by atoms with van der Waals surface area (Å²) < 4.78 is 0. The van der Waals surface area contributed by atoms with Crippen molar-refractivity contribution >= 4 is 29.4 Å². The Morgan fingerprint density at radius 1 is 1.05 bits per heavy atom. The molecule has 190 valence electrons. The normalized spacial score (nSPS) is 18.4. The molecule has 2 unspecified atom stereocenters. The van der Waals surface area contributed by atoms with E-state index in [1.807, 2.05) is 68.6 Å². The molecule has 2 aliphatic heterocycles. The molecule has 6 heteroatoms. The number of rotatable bonds is 7. The summed E-state index contributed by atoms with van der Waals surface area (Å²) in [6.07, 6.45) is 5.58. The average Bonchev–Trinajstić information content (AvgIpc) is 3.26. The van der Waals surface area contributed by atoms with Gasteiger partial charge in [0.15, 0.2) is 0 Å². The first-order valence-corrected chi connectivity index (χ1v) is 13.1. The number of hydrogen-bond donors (Lipinski definition) is 1. The number of fused-ring (bicyclic) bond motifs is 1. The molecule has 3 aromatic carbocycles. The second-order valence-corrected chi connectivity index (χ2v) is 10.1. The van der Waals surface area contributed by atoms with Gasteiger partial charge in [-0.1, -0.05) is 48.9 Å². The van der Waals surface area contributed by atoms with Crippen LogP contribution in [0.5, 0.6) is 0 Å². The van der Waals surface area contributed by atoms with E-state index in [-0.39, 0.29) is 17.9 Å². The first kappa shape index (κ1) is 24.9. The van der Waals surface area contributed by atoms with Gasteiger partial charge in [0.1, 0.15) is 5.92 Å². The summed E-state index contributed by atoms with van der Waals surface area (Å²) in [6, 6.07) is 23.5. The third-order valence-electron chi connectivity index (χ3n) is 7.52. The van der Waals surface area contributed by atoms with Gasteiger partial charge in [-0.15, -0.1) is 0 Å². The van der Waals surface area contributed by atoms with Crippen molar-refractivity contribution in [2.24, 2.45) is 4.99 Å². The lowest BCUT2D eigenvalue weighted by Gasteiger charge is -2.26. The molecule has 0 saturated carbocycles. The van der Waals surface area contributed by atoms with Crippen molar-refractivity contribution in [3.8, 4) is 0 Å². The van der Waals surface area contributed by atoms with Crippen molar-refractivity contribution in [2.45, 2.75) is 44.7 Å². The molecule has 1 N–H and O–H groups in total. The van der Waals surface area contributed by atoms with Crippen LogP contribution in [-0.4, -0.2) is 48.0 Å². The van der Waals surface area contributed by atoms with Gasteiger partial charge in [-0.3, -0.25) is 19.5 Å². The van der Waals surface area contributed by atoms with E-state index >= 15 is 0 Å². The van der Waals surface area contributed by atoms with Gasteiger partial charge < -0.3 is 10.2 Å². The van der Waals surface area contributed by atoms with Crippen LogP contribution in [0.1, 0.15) is 65.2 Å². The van der Waals surface area contributed by atoms with Crippen LogP contribution < -0.4 is 5.32 Å². The molecule has 2 aliphatic rings. The fourth-order valence-corrected chi connectivity index (χ4v) is 5.13. The highest BCUT2D eigenvalue weighted by molar-refractivity contribution is 6.13. The van der Waals surface area contributed by atoms with E-state index in [9.17, 15) is 9.59 Å². The minimum Gasteiger partial charge on any atom is -0.335 e. The number of nitrogens with zero attached hydrogens (tertiary/aromatic N) is 3. The molecule has 37 heavy (non-hydrogen) atoms. The van der Waals surface area contributed by atoms with E-state index in [4.69, 9.17) is 0 Å². The zero-order valence-electron chi connectivity index (χ0n) is 21.6. The van der Waals surface area contributed by atoms with Crippen LogP contribution in [-0.2, 0) is 11.3 Å². The summed E-state index contributed by atoms with van der Waals surface area (Å²) in [4.78, 5) is 34.9. The van der Waals surface area contributed by atoms with Crippen molar-refractivity contribution < 1.29 is 9.59 Å². The fraction of sp³-hybridized carbons (Fsp3) is 0.323. The van der Waals surface area contributed by atoms with Gasteiger partial charge in [-0.2, -0.15) is 0 Å². The number of anilines is 1. The SMILES string of the molecule is CC(c1ccccc1)N(C)C(=O)c1ccc2c(c1)C(C=Nc1ccc(CN3CCCCC3)cc1)C(=O)N2. The van der Waals surface area contributed by atoms with Crippen LogP contribution in [0.3, 0.4) is 0 Å². The summed E-state index contributed by atoms with van der Waals surface area (Å²) in [7, 11) is 1.81. The molecule has 0 aliphatic carbocycles. The van der Waals surface area contributed by atoms with Gasteiger partial charge in [0.25, 0.3) is 5.91 Å². The standard InChI is InChI=1S/C31H34N4O2/c1-22(24-9-5-3-6-10-24)34(2)31(37)25-13-16-29-27(19-25)28(30(36)33-29)20-32-26-14-11-23(12-15-26)21-35-17-7-4-8-18-35/h3,5-6,9-16,19-20,22,28H,4,7-8,17-18,21H2,1-2H3,(H,33,36). The van der Waals surface area contributed by atoms with E-state index in [2.05, 4.69) is 27.3 Å². The molecular formula is C31H34N4O2. The summed E-state index contributed by atoms with van der Waals surface area (Å²) in [6.45, 7) is 5.32. The van der Waals surface area contributed by atoms with Crippen molar-refractivity contribution in [2.75, 3.05) is 25.5 Å². The lowest BCUT2D eigenvalue weighted by molar-refractivity contribution is -0.115. The topological polar surface area (TPSA) is 65.0 Å². The van der Waals surface area contributed by atoms with E-state index in [1.165, 1.54) is 37.9 Å². The largest absolute Gasteiger partial charge is 0.335 e. The Balaban J connectivity index is 1.29. The third kappa shape index (κ3) is 5.65. The Labute approximate surface area is 219 Å². The van der Waals surface area contributed by atoms with Gasteiger partial charge >= 0.3 is 0 Å². The highest BCUT2D eigenvalue weighted by Gasteiger charge is 2.30. The molecule has 1 fully saturated rings. The van der Waals surface area contributed by atoms with E-state index < -0.39 is 5.92 Å². The zero-order chi connectivity index (χ0) is 25.8. The maximum absolute atomic E-state index is 13.3. The number of likely N-dealkylation sites (tertiary alicyclic amines) is 1. The fourth-order valence-electron chi connectivity index (χ4n) is 5.13. The Morgan fingerprint density at radius 2 is 1.78 bits per heavy atom. The van der Waals surface area contributed by atoms with Crippen LogP contribution in [0.25, 0.3) is 0 Å². The lowest BCUT2D eigenvalue weighted by atomic mass is 9.98. The lowest BCUT2D eigenvalue weighted by Crippen LogP contribution is -2.29. The molecule has 2 atom stereocenters. The number of amides is 2. The van der Waals surface area contributed by atoms with E-state index in [0.717, 1.165) is 29.0 Å². The first-order chi connectivity index (χ1) is 18.0. The van der Waals surface area contributed by atoms with Crippen LogP contribution in [0.4, 0.5) is 11.4 Å². The van der Waals surface area contributed by atoms with Crippen molar-refractivity contribution in [1.29, 1.82) is 0 Å². The second kappa shape index (κ2) is 11.1. The molecule has 5 rings (SSSR count). The van der Waals surface area contributed by atoms with Gasteiger partial charge in [-0.25, -0.2) is 0 Å². The Morgan fingerprint density at radius 3 is 2.51 bits per heavy atom. The van der Waals surface area contributed by atoms with Crippen molar-refractivity contribution in [1.82, 2.24) is 9.80 Å². The maximum atomic E-state index is 13.3. The second-order valence-electron chi connectivity index (χ2n) is 10.1. The molecule has 0 bridgehead atoms. The molecule has 1 saturated heterocycles. The number of piperidine rings is 1. The molecule has 3 aromatic rings. The molecule has 6 nitrogen and oxygen atoms in total. The number of nitrogens with one attached hydrogen (secondary N) is 1. The van der Waals surface area contributed by atoms with Crippen LogP contribution in [0.2, 0.25) is 0 Å². The Bertz CT molecular complexity index is 1280. The summed E-state index contributed by atoms with van der Waals surface area (Å²) >= 11 is 0. The number of hydrogen-bond acceptors (Lipinski definition) is 4. The molecule has 0 aromatic heterocycles. The Kier molecular flexibility index (Phi) is 7.47. The summed E-state index contributed by atoms with van der Waals surface area (Å²) in [5, 5.41) is 2.92. The van der Waals surface area contributed by atoms with Gasteiger partial charge in [0.2, 0.25) is 5.91 Å². The van der Waals surface area contributed by atoms with Gasteiger partial charge in [0, 0.05) is 31.1 Å². The minimum atomic E-state index is -0.535. The maximum Gasteiger partial charge on any atom is 0.254 e. The number of carbonyl (C=O) groups excluding carboxylic acids is 2. The Hall–Kier alpha value is -3.77. The summed E-state index contributed by atoms with van der Waals surface area (Å²) in [5.41, 5.74) is 5.23. The van der Waals surface area contributed by atoms with Gasteiger partial charge in [-0.05, 0) is 79.9 Å². The number of carbonyl (C=O) groups is 2. The summed E-state index contributed by atoms with van der Waals surface area (Å²) in [5.74, 6) is -0.748. The third-order valence-corrected chi connectivity index (χ3v) is 7.52. The quantitative estimate of drug-likeness (QED) is 0.413. The smallest absolute Gasteiger partial charge is 0.254 e. The van der Waals surface area contributed by atoms with E-state index in [0.29, 0.717) is 5.56 Å². The van der Waals surface area contributed by atoms with Crippen LogP contribution in [0, 0.1) is 0 Å². The van der Waals surface area contributed by atoms with Crippen LogP contribution >= 0.6 is 0 Å². The molecule has 0 radical (unpaired) electrons. The average molecular weight is 495 g/mol. The van der Waals surface area contributed by atoms with Gasteiger partial charge in [0.05, 0.1) is 11.7 Å². The zero-order valence-corrected chi connectivity index (χ0v) is 21.6. The molecule has 2 amide bonds. The number of benzene rings is 3. The molecular weight excluding hydrogens is 460 g/mol. The molecule has 0 spiro atoms.